The standard InChI is InChI=1S/C29H31ClN2O4/c1-2-20-7-3-4-10-24(20)21-14-12-19(13-15-21)18-31-28(35)26(33)27(34)29(36)32-16-6-11-25(32)22-8-5-9-23(30)17-22/h3-5,7-10,12-15,17,25-27,33-34H,2,6,11,16,18H2,1H3,(H,31,35)/t25-,26-,27-/m1/s1. The molecule has 0 aliphatic carbocycles. The molecule has 3 aromatic carbocycles. The molecule has 1 saturated heterocycles. The highest BCUT2D eigenvalue weighted by molar-refractivity contribution is 6.30. The first-order valence-electron chi connectivity index (χ1n) is 12.3. The minimum atomic E-state index is -1.87. The monoisotopic (exact) mass is 506 g/mol. The lowest BCUT2D eigenvalue weighted by molar-refractivity contribution is -0.153. The lowest BCUT2D eigenvalue weighted by Crippen LogP contribution is -2.50. The van der Waals surface area contributed by atoms with Gasteiger partial charge in [0.25, 0.3) is 11.8 Å². The third kappa shape index (κ3) is 5.78. The molecule has 1 heterocycles. The molecule has 0 unspecified atom stereocenters. The Bertz CT molecular complexity index is 1210. The molecule has 3 aromatic rings. The maximum absolute atomic E-state index is 13.0. The number of amides is 2. The van der Waals surface area contributed by atoms with E-state index >= 15 is 0 Å². The quantitative estimate of drug-likeness (QED) is 0.425. The highest BCUT2D eigenvalue weighted by Gasteiger charge is 2.38. The molecule has 1 aliphatic rings. The predicted molar refractivity (Wildman–Crippen MR) is 140 cm³/mol. The summed E-state index contributed by atoms with van der Waals surface area (Å²) in [5.41, 5.74) is 5.23. The van der Waals surface area contributed by atoms with Crippen LogP contribution in [0.1, 0.15) is 42.5 Å². The van der Waals surface area contributed by atoms with Crippen LogP contribution in [0.25, 0.3) is 11.1 Å². The molecular formula is C29H31ClN2O4. The molecule has 0 saturated carbocycles. The lowest BCUT2D eigenvalue weighted by Gasteiger charge is -2.28. The number of hydrogen-bond donors (Lipinski definition) is 3. The molecule has 6 nitrogen and oxygen atoms in total. The molecule has 3 atom stereocenters. The van der Waals surface area contributed by atoms with Gasteiger partial charge in [-0.05, 0) is 59.2 Å². The number of nitrogens with one attached hydrogen (secondary N) is 1. The highest BCUT2D eigenvalue weighted by Crippen LogP contribution is 2.33. The van der Waals surface area contributed by atoms with Gasteiger partial charge in [0.1, 0.15) is 0 Å². The lowest BCUT2D eigenvalue weighted by atomic mass is 9.97. The van der Waals surface area contributed by atoms with Crippen molar-refractivity contribution in [3.05, 3.63) is 94.5 Å². The topological polar surface area (TPSA) is 89.9 Å². The third-order valence-electron chi connectivity index (χ3n) is 6.72. The number of aliphatic hydroxyl groups excluding tert-OH is 2. The third-order valence-corrected chi connectivity index (χ3v) is 6.96. The van der Waals surface area contributed by atoms with E-state index in [1.165, 1.54) is 16.0 Å². The molecule has 3 N–H and O–H groups in total. The van der Waals surface area contributed by atoms with E-state index in [4.69, 9.17) is 11.6 Å². The summed E-state index contributed by atoms with van der Waals surface area (Å²) in [6, 6.07) is 23.0. The Labute approximate surface area is 216 Å². The second-order valence-corrected chi connectivity index (χ2v) is 9.50. The Morgan fingerprint density at radius 1 is 1.03 bits per heavy atom. The zero-order valence-corrected chi connectivity index (χ0v) is 21.0. The summed E-state index contributed by atoms with van der Waals surface area (Å²) in [6.07, 6.45) is -1.30. The second-order valence-electron chi connectivity index (χ2n) is 9.06. The first-order valence-corrected chi connectivity index (χ1v) is 12.6. The number of hydrogen-bond acceptors (Lipinski definition) is 4. The van der Waals surface area contributed by atoms with Gasteiger partial charge in [0.2, 0.25) is 0 Å². The zero-order valence-electron chi connectivity index (χ0n) is 20.2. The highest BCUT2D eigenvalue weighted by atomic mass is 35.5. The van der Waals surface area contributed by atoms with Crippen LogP contribution in [0.5, 0.6) is 0 Å². The zero-order chi connectivity index (χ0) is 25.7. The fraction of sp³-hybridized carbons (Fsp3) is 0.310. The molecule has 0 radical (unpaired) electrons. The number of aliphatic hydroxyl groups is 2. The predicted octanol–water partition coefficient (Wildman–Crippen LogP) is 4.27. The van der Waals surface area contributed by atoms with Crippen molar-refractivity contribution in [3.8, 4) is 11.1 Å². The molecule has 7 heteroatoms. The van der Waals surface area contributed by atoms with Gasteiger partial charge in [-0.2, -0.15) is 0 Å². The van der Waals surface area contributed by atoms with Gasteiger partial charge in [-0.1, -0.05) is 79.2 Å². The Kier molecular flexibility index (Phi) is 8.41. The van der Waals surface area contributed by atoms with E-state index in [-0.39, 0.29) is 12.6 Å². The average Bonchev–Trinajstić information content (AvgIpc) is 3.41. The molecule has 0 bridgehead atoms. The normalized spacial score (nSPS) is 17.0. The van der Waals surface area contributed by atoms with Gasteiger partial charge < -0.3 is 20.4 Å². The number of aryl methyl sites for hydroxylation is 1. The second kappa shape index (κ2) is 11.7. The summed E-state index contributed by atoms with van der Waals surface area (Å²) in [4.78, 5) is 27.0. The van der Waals surface area contributed by atoms with Crippen LogP contribution in [-0.2, 0) is 22.6 Å². The van der Waals surface area contributed by atoms with E-state index in [0.717, 1.165) is 36.0 Å². The van der Waals surface area contributed by atoms with E-state index in [2.05, 4.69) is 24.4 Å². The van der Waals surface area contributed by atoms with E-state index in [1.54, 1.807) is 12.1 Å². The van der Waals surface area contributed by atoms with E-state index < -0.39 is 24.0 Å². The summed E-state index contributed by atoms with van der Waals surface area (Å²) >= 11 is 6.10. The van der Waals surface area contributed by atoms with Crippen molar-refractivity contribution in [2.45, 2.75) is 51.0 Å². The molecule has 0 spiro atoms. The fourth-order valence-corrected chi connectivity index (χ4v) is 4.94. The van der Waals surface area contributed by atoms with E-state index in [0.29, 0.717) is 11.6 Å². The molecule has 2 amide bonds. The number of carbonyl (C=O) groups is 2. The maximum Gasteiger partial charge on any atom is 0.255 e. The Morgan fingerprint density at radius 2 is 1.78 bits per heavy atom. The van der Waals surface area contributed by atoms with Crippen LogP contribution in [-0.4, -0.2) is 45.7 Å². The number of likely N-dealkylation sites (tertiary alicyclic amines) is 1. The van der Waals surface area contributed by atoms with Crippen molar-refractivity contribution in [2.24, 2.45) is 0 Å². The van der Waals surface area contributed by atoms with Gasteiger partial charge in [0, 0.05) is 18.1 Å². The van der Waals surface area contributed by atoms with Crippen LogP contribution in [0.4, 0.5) is 0 Å². The Balaban J connectivity index is 1.35. The number of rotatable bonds is 8. The summed E-state index contributed by atoms with van der Waals surface area (Å²) in [5.74, 6) is -1.46. The average molecular weight is 507 g/mol. The fourth-order valence-electron chi connectivity index (χ4n) is 4.75. The van der Waals surface area contributed by atoms with Crippen molar-refractivity contribution in [1.29, 1.82) is 0 Å². The van der Waals surface area contributed by atoms with Gasteiger partial charge in [0.05, 0.1) is 6.04 Å². The smallest absolute Gasteiger partial charge is 0.255 e. The van der Waals surface area contributed by atoms with Crippen LogP contribution >= 0.6 is 11.6 Å². The van der Waals surface area contributed by atoms with Crippen molar-refractivity contribution >= 4 is 23.4 Å². The SMILES string of the molecule is CCc1ccccc1-c1ccc(CNC(=O)[C@H](O)[C@@H](O)C(=O)N2CCC[C@@H]2c2cccc(Cl)c2)cc1. The molecule has 0 aromatic heterocycles. The van der Waals surface area contributed by atoms with Crippen LogP contribution in [0.15, 0.2) is 72.8 Å². The van der Waals surface area contributed by atoms with Gasteiger partial charge >= 0.3 is 0 Å². The van der Waals surface area contributed by atoms with Crippen LogP contribution in [0, 0.1) is 0 Å². The van der Waals surface area contributed by atoms with Crippen LogP contribution in [0.3, 0.4) is 0 Å². The van der Waals surface area contributed by atoms with Crippen LogP contribution in [0.2, 0.25) is 5.02 Å². The number of halogens is 1. The Morgan fingerprint density at radius 3 is 2.50 bits per heavy atom. The van der Waals surface area contributed by atoms with Gasteiger partial charge in [-0.3, -0.25) is 9.59 Å². The summed E-state index contributed by atoms with van der Waals surface area (Å²) in [5, 5.41) is 24.1. The molecule has 1 fully saturated rings. The number of carbonyl (C=O) groups excluding carboxylic acids is 2. The minimum absolute atomic E-state index is 0.168. The van der Waals surface area contributed by atoms with Gasteiger partial charge in [-0.15, -0.1) is 0 Å². The minimum Gasteiger partial charge on any atom is -0.380 e. The van der Waals surface area contributed by atoms with E-state index in [1.807, 2.05) is 48.5 Å². The molecular weight excluding hydrogens is 476 g/mol. The van der Waals surface area contributed by atoms with Crippen molar-refractivity contribution < 1.29 is 19.8 Å². The maximum atomic E-state index is 13.0. The van der Waals surface area contributed by atoms with Crippen molar-refractivity contribution in [3.63, 3.8) is 0 Å². The Hall–Kier alpha value is -3.19. The summed E-state index contributed by atoms with van der Waals surface area (Å²) in [6.45, 7) is 2.73. The van der Waals surface area contributed by atoms with Crippen LogP contribution < -0.4 is 5.32 Å². The van der Waals surface area contributed by atoms with Crippen molar-refractivity contribution in [2.75, 3.05) is 6.54 Å². The summed E-state index contributed by atoms with van der Waals surface area (Å²) in [7, 11) is 0. The van der Waals surface area contributed by atoms with E-state index in [9.17, 15) is 19.8 Å². The largest absolute Gasteiger partial charge is 0.380 e. The molecule has 188 valence electrons. The number of benzene rings is 3. The van der Waals surface area contributed by atoms with Gasteiger partial charge in [-0.25, -0.2) is 0 Å². The summed E-state index contributed by atoms with van der Waals surface area (Å²) < 4.78 is 0. The molecule has 4 rings (SSSR count). The van der Waals surface area contributed by atoms with Gasteiger partial charge in [0.15, 0.2) is 12.2 Å². The first kappa shape index (κ1) is 25.9. The number of nitrogens with zero attached hydrogens (tertiary/aromatic N) is 1. The first-order chi connectivity index (χ1) is 17.4. The molecule has 1 aliphatic heterocycles. The van der Waals surface area contributed by atoms with Crippen molar-refractivity contribution in [1.82, 2.24) is 10.2 Å². The molecule has 36 heavy (non-hydrogen) atoms.